The van der Waals surface area contributed by atoms with E-state index in [1.54, 1.807) is 36.7 Å². The molecule has 36 heavy (non-hydrogen) atoms. The molecule has 3 aliphatic rings. The molecule has 1 aromatic carbocycles. The van der Waals surface area contributed by atoms with Gasteiger partial charge in [-0.3, -0.25) is 14.7 Å². The minimum Gasteiger partial charge on any atom is -0.490 e. The zero-order chi connectivity index (χ0) is 25.0. The van der Waals surface area contributed by atoms with E-state index in [2.05, 4.69) is 9.88 Å². The predicted octanol–water partition coefficient (Wildman–Crippen LogP) is 2.25. The van der Waals surface area contributed by atoms with Crippen molar-refractivity contribution in [3.63, 3.8) is 0 Å². The molecule has 0 saturated carbocycles. The highest BCUT2D eigenvalue weighted by Gasteiger charge is 2.31. The van der Waals surface area contributed by atoms with Gasteiger partial charge in [0.05, 0.1) is 18.1 Å². The summed E-state index contributed by atoms with van der Waals surface area (Å²) in [5, 5.41) is 0. The number of hydrogen-bond acceptors (Lipinski definition) is 7. The number of carbonyl (C=O) groups excluding carboxylic acids is 1. The first-order valence-electron chi connectivity index (χ1n) is 12.8. The van der Waals surface area contributed by atoms with Gasteiger partial charge in [0.1, 0.15) is 11.9 Å². The molecule has 3 aliphatic heterocycles. The third-order valence-electron chi connectivity index (χ3n) is 7.41. The zero-order valence-electron chi connectivity index (χ0n) is 20.5. The third-order valence-corrected chi connectivity index (χ3v) is 9.32. The van der Waals surface area contributed by atoms with Gasteiger partial charge in [0, 0.05) is 63.3 Å². The maximum Gasteiger partial charge on any atom is 0.253 e. The molecule has 10 heteroatoms. The second-order valence-corrected chi connectivity index (χ2v) is 11.5. The van der Waals surface area contributed by atoms with Crippen LogP contribution >= 0.6 is 0 Å². The number of carbonyl (C=O) groups is 1. The molecule has 1 amide bonds. The van der Waals surface area contributed by atoms with Crippen LogP contribution in [0.15, 0.2) is 53.7 Å². The van der Waals surface area contributed by atoms with E-state index in [1.807, 2.05) is 17.0 Å². The number of piperidine rings is 2. The Labute approximate surface area is 213 Å². The fourth-order valence-electron chi connectivity index (χ4n) is 5.29. The molecule has 9 nitrogen and oxygen atoms in total. The van der Waals surface area contributed by atoms with Crippen LogP contribution in [-0.2, 0) is 14.8 Å². The van der Waals surface area contributed by atoms with Crippen LogP contribution in [-0.4, -0.2) is 98.0 Å². The highest BCUT2D eigenvalue weighted by Crippen LogP contribution is 2.25. The summed E-state index contributed by atoms with van der Waals surface area (Å²) in [5.41, 5.74) is 0.531. The van der Waals surface area contributed by atoms with E-state index in [9.17, 15) is 13.2 Å². The van der Waals surface area contributed by atoms with Crippen molar-refractivity contribution in [1.82, 2.24) is 19.1 Å². The van der Waals surface area contributed by atoms with Crippen LogP contribution in [0.4, 0.5) is 0 Å². The molecule has 0 aliphatic carbocycles. The van der Waals surface area contributed by atoms with E-state index in [-0.39, 0.29) is 16.9 Å². The highest BCUT2D eigenvalue weighted by molar-refractivity contribution is 7.89. The monoisotopic (exact) mass is 514 g/mol. The van der Waals surface area contributed by atoms with Crippen LogP contribution in [0.25, 0.3) is 0 Å². The fraction of sp³-hybridized carbons (Fsp3) is 0.538. The van der Waals surface area contributed by atoms with Crippen molar-refractivity contribution in [1.29, 1.82) is 0 Å². The Morgan fingerprint density at radius 1 is 0.861 bits per heavy atom. The van der Waals surface area contributed by atoms with Gasteiger partial charge in [-0.05, 0) is 62.1 Å². The molecular weight excluding hydrogens is 480 g/mol. The summed E-state index contributed by atoms with van der Waals surface area (Å²) in [6.45, 7) is 4.96. The van der Waals surface area contributed by atoms with Gasteiger partial charge in [0.25, 0.3) is 5.91 Å². The standard InChI is InChI=1S/C26H34N4O5S/c31-26(21-1-3-25(4-2-21)36(32,33)30-17-19-34-20-18-30)29-13-7-22(8-14-29)28-15-9-24(10-16-28)35-23-5-11-27-12-6-23/h1-6,11-12,22,24H,7-10,13-20H2. The van der Waals surface area contributed by atoms with Crippen molar-refractivity contribution >= 4 is 15.9 Å². The number of rotatable bonds is 6. The van der Waals surface area contributed by atoms with Crippen molar-refractivity contribution in [2.24, 2.45) is 0 Å². The van der Waals surface area contributed by atoms with Gasteiger partial charge in [-0.15, -0.1) is 0 Å². The lowest BCUT2D eigenvalue weighted by Crippen LogP contribution is -2.50. The largest absolute Gasteiger partial charge is 0.490 e. The van der Waals surface area contributed by atoms with Gasteiger partial charge >= 0.3 is 0 Å². The number of aromatic nitrogens is 1. The first kappa shape index (κ1) is 25.1. The second kappa shape index (κ2) is 11.2. The SMILES string of the molecule is O=C(c1ccc(S(=O)(=O)N2CCOCC2)cc1)N1CCC(N2CCC(Oc3ccncc3)CC2)CC1. The van der Waals surface area contributed by atoms with E-state index >= 15 is 0 Å². The van der Waals surface area contributed by atoms with Crippen LogP contribution in [0, 0.1) is 0 Å². The number of benzene rings is 1. The maximum absolute atomic E-state index is 13.1. The summed E-state index contributed by atoms with van der Waals surface area (Å²) in [4.78, 5) is 21.8. The minimum absolute atomic E-state index is 0.0340. The molecule has 0 radical (unpaired) electrons. The van der Waals surface area contributed by atoms with E-state index < -0.39 is 10.0 Å². The quantitative estimate of drug-likeness (QED) is 0.584. The minimum atomic E-state index is -3.56. The fourth-order valence-corrected chi connectivity index (χ4v) is 6.70. The second-order valence-electron chi connectivity index (χ2n) is 9.60. The Kier molecular flexibility index (Phi) is 7.85. The molecule has 2 aromatic rings. The Balaban J connectivity index is 1.10. The Hall–Kier alpha value is -2.53. The molecule has 0 unspecified atom stereocenters. The van der Waals surface area contributed by atoms with Crippen molar-refractivity contribution < 1.29 is 22.7 Å². The molecular formula is C26H34N4O5S. The lowest BCUT2D eigenvalue weighted by molar-refractivity contribution is 0.0425. The summed E-state index contributed by atoms with van der Waals surface area (Å²) >= 11 is 0. The molecule has 3 saturated heterocycles. The van der Waals surface area contributed by atoms with Crippen LogP contribution in [0.3, 0.4) is 0 Å². The van der Waals surface area contributed by atoms with Crippen molar-refractivity contribution in [2.75, 3.05) is 52.5 Å². The number of pyridine rings is 1. The first-order valence-corrected chi connectivity index (χ1v) is 14.2. The number of ether oxygens (including phenoxy) is 2. The Morgan fingerprint density at radius 3 is 2.14 bits per heavy atom. The number of hydrogen-bond donors (Lipinski definition) is 0. The van der Waals surface area contributed by atoms with E-state index in [0.29, 0.717) is 51.0 Å². The van der Waals surface area contributed by atoms with Crippen molar-refractivity contribution in [2.45, 2.75) is 42.7 Å². The average molecular weight is 515 g/mol. The van der Waals surface area contributed by atoms with Crippen molar-refractivity contribution in [3.05, 3.63) is 54.4 Å². The molecule has 5 rings (SSSR count). The molecule has 0 bridgehead atoms. The summed E-state index contributed by atoms with van der Waals surface area (Å²) < 4.78 is 38.4. The van der Waals surface area contributed by atoms with Gasteiger partial charge < -0.3 is 14.4 Å². The highest BCUT2D eigenvalue weighted by atomic mass is 32.2. The predicted molar refractivity (Wildman–Crippen MR) is 134 cm³/mol. The molecule has 0 spiro atoms. The number of amides is 1. The summed E-state index contributed by atoms with van der Waals surface area (Å²) in [6, 6.07) is 10.6. The lowest BCUT2D eigenvalue weighted by atomic mass is 9.98. The number of likely N-dealkylation sites (tertiary alicyclic amines) is 2. The summed E-state index contributed by atoms with van der Waals surface area (Å²) in [6.07, 6.45) is 7.64. The summed E-state index contributed by atoms with van der Waals surface area (Å²) in [7, 11) is -3.56. The van der Waals surface area contributed by atoms with Gasteiger partial charge in [0.2, 0.25) is 10.0 Å². The van der Waals surface area contributed by atoms with Crippen molar-refractivity contribution in [3.8, 4) is 5.75 Å². The number of morpholine rings is 1. The number of sulfonamides is 1. The zero-order valence-corrected chi connectivity index (χ0v) is 21.3. The van der Waals surface area contributed by atoms with Crippen LogP contribution in [0.5, 0.6) is 5.75 Å². The molecule has 194 valence electrons. The molecule has 4 heterocycles. The molecule has 0 N–H and O–H groups in total. The number of nitrogens with zero attached hydrogens (tertiary/aromatic N) is 4. The van der Waals surface area contributed by atoms with Gasteiger partial charge in [0.15, 0.2) is 0 Å². The van der Waals surface area contributed by atoms with E-state index in [0.717, 1.165) is 44.5 Å². The lowest BCUT2D eigenvalue weighted by Gasteiger charge is -2.41. The topological polar surface area (TPSA) is 92.3 Å². The average Bonchev–Trinajstić information content (AvgIpc) is 2.94. The van der Waals surface area contributed by atoms with Crippen LogP contribution < -0.4 is 4.74 Å². The van der Waals surface area contributed by atoms with Crippen LogP contribution in [0.1, 0.15) is 36.0 Å². The Bertz CT molecular complexity index is 1110. The van der Waals surface area contributed by atoms with Crippen LogP contribution in [0.2, 0.25) is 0 Å². The summed E-state index contributed by atoms with van der Waals surface area (Å²) in [5.74, 6) is 0.843. The Morgan fingerprint density at radius 2 is 1.50 bits per heavy atom. The first-order chi connectivity index (χ1) is 17.5. The smallest absolute Gasteiger partial charge is 0.253 e. The third kappa shape index (κ3) is 5.72. The van der Waals surface area contributed by atoms with Gasteiger partial charge in [-0.1, -0.05) is 0 Å². The molecule has 0 atom stereocenters. The normalized spacial score (nSPS) is 21.4. The maximum atomic E-state index is 13.1. The van der Waals surface area contributed by atoms with Gasteiger partial charge in [-0.25, -0.2) is 8.42 Å². The van der Waals surface area contributed by atoms with E-state index in [1.165, 1.54) is 4.31 Å². The molecule has 1 aromatic heterocycles. The van der Waals surface area contributed by atoms with Gasteiger partial charge in [-0.2, -0.15) is 4.31 Å². The van der Waals surface area contributed by atoms with E-state index in [4.69, 9.17) is 9.47 Å². The molecule has 3 fully saturated rings.